The number of hydrogen-bond donors (Lipinski definition) is 0. The summed E-state index contributed by atoms with van der Waals surface area (Å²) in [6.45, 7) is 0. The van der Waals surface area contributed by atoms with E-state index in [4.69, 9.17) is 21.4 Å². The summed E-state index contributed by atoms with van der Waals surface area (Å²) in [4.78, 5) is 4.53. The first kappa shape index (κ1) is 17.6. The van der Waals surface area contributed by atoms with Gasteiger partial charge in [-0.2, -0.15) is 5.10 Å². The van der Waals surface area contributed by atoms with E-state index >= 15 is 0 Å². The molecule has 0 unspecified atom stereocenters. The van der Waals surface area contributed by atoms with Crippen molar-refractivity contribution in [2.75, 3.05) is 7.11 Å². The topological polar surface area (TPSA) is 39.9 Å². The van der Waals surface area contributed by atoms with Gasteiger partial charge in [0, 0.05) is 27.6 Å². The van der Waals surface area contributed by atoms with Gasteiger partial charge in [-0.25, -0.2) is 9.07 Å². The van der Waals surface area contributed by atoms with Crippen molar-refractivity contribution in [2.24, 2.45) is 0 Å². The molecule has 29 heavy (non-hydrogen) atoms. The molecular formula is C23H15ClFN3O. The van der Waals surface area contributed by atoms with Crippen LogP contribution in [0.4, 0.5) is 4.39 Å². The Hall–Kier alpha value is -3.44. The predicted molar refractivity (Wildman–Crippen MR) is 113 cm³/mol. The Morgan fingerprint density at radius 3 is 2.59 bits per heavy atom. The molecule has 0 fully saturated rings. The van der Waals surface area contributed by atoms with E-state index in [0.29, 0.717) is 15.9 Å². The summed E-state index contributed by atoms with van der Waals surface area (Å²) in [6, 6.07) is 19.6. The lowest BCUT2D eigenvalue weighted by Crippen LogP contribution is -1.97. The monoisotopic (exact) mass is 403 g/mol. The Kier molecular flexibility index (Phi) is 4.18. The number of nitrogens with zero attached hydrogens (tertiary/aromatic N) is 3. The second kappa shape index (κ2) is 6.87. The summed E-state index contributed by atoms with van der Waals surface area (Å²) in [6.07, 6.45) is 1.78. The van der Waals surface area contributed by atoms with Gasteiger partial charge in [0.1, 0.15) is 17.3 Å². The molecule has 0 N–H and O–H groups in total. The summed E-state index contributed by atoms with van der Waals surface area (Å²) in [5.41, 5.74) is 3.94. The van der Waals surface area contributed by atoms with Crippen LogP contribution in [0.15, 0.2) is 72.9 Å². The molecule has 0 amide bonds. The van der Waals surface area contributed by atoms with E-state index in [9.17, 15) is 4.39 Å². The van der Waals surface area contributed by atoms with Gasteiger partial charge in [-0.3, -0.25) is 4.98 Å². The summed E-state index contributed by atoms with van der Waals surface area (Å²) in [7, 11) is 1.63. The third-order valence-electron chi connectivity index (χ3n) is 4.88. The summed E-state index contributed by atoms with van der Waals surface area (Å²) in [5.74, 6) is 0.412. The maximum Gasteiger partial charge on any atom is 0.124 e. The first-order chi connectivity index (χ1) is 14.1. The van der Waals surface area contributed by atoms with E-state index in [0.717, 1.165) is 33.6 Å². The first-order valence-corrected chi connectivity index (χ1v) is 9.39. The normalized spacial score (nSPS) is 11.3. The van der Waals surface area contributed by atoms with Crippen molar-refractivity contribution < 1.29 is 9.13 Å². The standard InChI is InChI=1S/C23H15ClFN3O/c1-29-18-4-2-3-14(11-18)22-20-13-26-21-10-7-16(25)12-19(21)23(20)28(27-22)17-8-5-15(24)6-9-17/h2-13H,1H3. The Morgan fingerprint density at radius 1 is 0.966 bits per heavy atom. The third-order valence-corrected chi connectivity index (χ3v) is 5.13. The largest absolute Gasteiger partial charge is 0.497 e. The third kappa shape index (κ3) is 3.00. The second-order valence-electron chi connectivity index (χ2n) is 6.65. The molecule has 142 valence electrons. The summed E-state index contributed by atoms with van der Waals surface area (Å²) in [5, 5.41) is 7.02. The highest BCUT2D eigenvalue weighted by molar-refractivity contribution is 6.30. The number of aromatic nitrogens is 3. The maximum atomic E-state index is 14.1. The molecule has 0 aliphatic carbocycles. The molecule has 5 aromatic rings. The van der Waals surface area contributed by atoms with Crippen molar-refractivity contribution in [3.63, 3.8) is 0 Å². The zero-order valence-corrected chi connectivity index (χ0v) is 16.2. The lowest BCUT2D eigenvalue weighted by atomic mass is 10.1. The number of rotatable bonds is 3. The van der Waals surface area contributed by atoms with Crippen LogP contribution in [0, 0.1) is 5.82 Å². The van der Waals surface area contributed by atoms with Crippen LogP contribution in [0.5, 0.6) is 5.75 Å². The van der Waals surface area contributed by atoms with Crippen molar-refractivity contribution in [1.29, 1.82) is 0 Å². The van der Waals surface area contributed by atoms with E-state index in [1.54, 1.807) is 31.5 Å². The van der Waals surface area contributed by atoms with Gasteiger partial charge < -0.3 is 4.74 Å². The van der Waals surface area contributed by atoms with Gasteiger partial charge in [0.15, 0.2) is 0 Å². The molecule has 0 radical (unpaired) electrons. The van der Waals surface area contributed by atoms with Crippen molar-refractivity contribution in [1.82, 2.24) is 14.8 Å². The molecule has 0 aliphatic heterocycles. The van der Waals surface area contributed by atoms with Gasteiger partial charge in [0.2, 0.25) is 0 Å². The molecule has 0 aliphatic rings. The van der Waals surface area contributed by atoms with E-state index in [-0.39, 0.29) is 5.82 Å². The Balaban J connectivity index is 1.89. The van der Waals surface area contributed by atoms with Gasteiger partial charge >= 0.3 is 0 Å². The number of halogens is 2. The highest BCUT2D eigenvalue weighted by Gasteiger charge is 2.18. The maximum absolute atomic E-state index is 14.1. The fourth-order valence-corrected chi connectivity index (χ4v) is 3.63. The van der Waals surface area contributed by atoms with Crippen LogP contribution in [0.3, 0.4) is 0 Å². The zero-order chi connectivity index (χ0) is 20.0. The number of ether oxygens (including phenoxy) is 1. The summed E-state index contributed by atoms with van der Waals surface area (Å²) < 4.78 is 21.3. The Labute approximate surface area is 171 Å². The minimum Gasteiger partial charge on any atom is -0.497 e. The van der Waals surface area contributed by atoms with E-state index < -0.39 is 0 Å². The zero-order valence-electron chi connectivity index (χ0n) is 15.4. The molecule has 6 heteroatoms. The van der Waals surface area contributed by atoms with Gasteiger partial charge in [-0.1, -0.05) is 23.7 Å². The molecule has 0 spiro atoms. The van der Waals surface area contributed by atoms with Gasteiger partial charge in [0.05, 0.1) is 23.8 Å². The van der Waals surface area contributed by atoms with Crippen molar-refractivity contribution >= 4 is 33.4 Å². The van der Waals surface area contributed by atoms with Gasteiger partial charge in [0.25, 0.3) is 0 Å². The van der Waals surface area contributed by atoms with Crippen LogP contribution in [-0.4, -0.2) is 21.9 Å². The van der Waals surface area contributed by atoms with Gasteiger partial charge in [-0.15, -0.1) is 0 Å². The molecule has 0 atom stereocenters. The van der Waals surface area contributed by atoms with Crippen molar-refractivity contribution in [3.05, 3.63) is 83.8 Å². The smallest absolute Gasteiger partial charge is 0.124 e. The van der Waals surface area contributed by atoms with Crippen molar-refractivity contribution in [3.8, 4) is 22.7 Å². The van der Waals surface area contributed by atoms with Crippen LogP contribution < -0.4 is 4.74 Å². The number of hydrogen-bond acceptors (Lipinski definition) is 3. The van der Waals surface area contributed by atoms with Crippen LogP contribution in [0.1, 0.15) is 0 Å². The van der Waals surface area contributed by atoms with Crippen molar-refractivity contribution in [2.45, 2.75) is 0 Å². The van der Waals surface area contributed by atoms with Crippen LogP contribution in [0.25, 0.3) is 38.8 Å². The highest BCUT2D eigenvalue weighted by atomic mass is 35.5. The average molecular weight is 404 g/mol. The predicted octanol–water partition coefficient (Wildman–Crippen LogP) is 6.04. The molecule has 2 heterocycles. The molecule has 2 aromatic heterocycles. The average Bonchev–Trinajstić information content (AvgIpc) is 3.14. The van der Waals surface area contributed by atoms with E-state index in [1.807, 2.05) is 41.1 Å². The van der Waals surface area contributed by atoms with E-state index in [1.165, 1.54) is 12.1 Å². The van der Waals surface area contributed by atoms with E-state index in [2.05, 4.69) is 4.98 Å². The minimum absolute atomic E-state index is 0.321. The fourth-order valence-electron chi connectivity index (χ4n) is 3.51. The molecule has 4 nitrogen and oxygen atoms in total. The molecule has 5 rings (SSSR count). The van der Waals surface area contributed by atoms with Crippen LogP contribution in [0.2, 0.25) is 5.02 Å². The highest BCUT2D eigenvalue weighted by Crippen LogP contribution is 2.35. The number of pyridine rings is 1. The molecule has 0 saturated heterocycles. The van der Waals surface area contributed by atoms with Crippen LogP contribution >= 0.6 is 11.6 Å². The Morgan fingerprint density at radius 2 is 1.79 bits per heavy atom. The molecule has 3 aromatic carbocycles. The first-order valence-electron chi connectivity index (χ1n) is 9.01. The number of methoxy groups -OCH3 is 1. The SMILES string of the molecule is COc1cccc(-c2nn(-c3ccc(Cl)cc3)c3c2cnc2ccc(F)cc23)c1. The number of fused-ring (bicyclic) bond motifs is 3. The fraction of sp³-hybridized carbons (Fsp3) is 0.0435. The molecule has 0 saturated carbocycles. The second-order valence-corrected chi connectivity index (χ2v) is 7.09. The molecular weight excluding hydrogens is 389 g/mol. The lowest BCUT2D eigenvalue weighted by molar-refractivity contribution is 0.415. The number of benzene rings is 3. The summed E-state index contributed by atoms with van der Waals surface area (Å²) >= 11 is 6.06. The Bertz CT molecular complexity index is 1360. The lowest BCUT2D eigenvalue weighted by Gasteiger charge is -2.06. The minimum atomic E-state index is -0.321. The molecule has 0 bridgehead atoms. The quantitative estimate of drug-likeness (QED) is 0.368. The van der Waals surface area contributed by atoms with Gasteiger partial charge in [-0.05, 0) is 54.6 Å². The van der Waals surface area contributed by atoms with Crippen LogP contribution in [-0.2, 0) is 0 Å².